The Bertz CT molecular complexity index is 1030. The van der Waals surface area contributed by atoms with Gasteiger partial charge in [-0.3, -0.25) is 4.79 Å². The maximum atomic E-state index is 13.7. The molecule has 1 saturated heterocycles. The molecule has 0 radical (unpaired) electrons. The fraction of sp³-hybridized carbons (Fsp3) is 0.474. The Balaban J connectivity index is 1.81. The van der Waals surface area contributed by atoms with E-state index in [0.29, 0.717) is 48.3 Å². The second-order valence-corrected chi connectivity index (χ2v) is 9.98. The third-order valence-electron chi connectivity index (χ3n) is 5.36. The zero-order valence-electron chi connectivity index (χ0n) is 15.8. The highest BCUT2D eigenvalue weighted by atomic mass is 79.9. The van der Waals surface area contributed by atoms with Crippen molar-refractivity contribution in [2.24, 2.45) is 0 Å². The van der Waals surface area contributed by atoms with E-state index in [1.54, 1.807) is 24.0 Å². The van der Waals surface area contributed by atoms with E-state index in [9.17, 15) is 13.2 Å². The molecule has 9 heteroatoms. The van der Waals surface area contributed by atoms with Crippen molar-refractivity contribution in [2.75, 3.05) is 18.0 Å². The van der Waals surface area contributed by atoms with Crippen molar-refractivity contribution in [3.8, 4) is 0 Å². The standard InChI is InChI=1S/C19H22BrN3O4S/c1-3-18(24)22-8-6-13-10-14(20)11-17(19(13)22)28(25,26)23-7-4-5-15(23)16-9-12(2)21-27-16/h9-11,15H,3-8H2,1-2H3/t15-/m1/s1. The molecule has 28 heavy (non-hydrogen) atoms. The molecule has 0 saturated carbocycles. The third-order valence-corrected chi connectivity index (χ3v) is 7.74. The summed E-state index contributed by atoms with van der Waals surface area (Å²) in [4.78, 5) is 14.2. The number of carbonyl (C=O) groups is 1. The van der Waals surface area contributed by atoms with Crippen molar-refractivity contribution >= 4 is 37.5 Å². The number of sulfonamides is 1. The zero-order chi connectivity index (χ0) is 20.1. The van der Waals surface area contributed by atoms with Gasteiger partial charge in [-0.1, -0.05) is 28.0 Å². The van der Waals surface area contributed by atoms with Gasteiger partial charge in [0.05, 0.1) is 17.4 Å². The van der Waals surface area contributed by atoms with E-state index in [2.05, 4.69) is 21.1 Å². The minimum atomic E-state index is -3.83. The molecule has 150 valence electrons. The molecule has 0 bridgehead atoms. The first kappa shape index (κ1) is 19.6. The quantitative estimate of drug-likeness (QED) is 0.685. The summed E-state index contributed by atoms with van der Waals surface area (Å²) in [6, 6.07) is 4.92. The van der Waals surface area contributed by atoms with Crippen LogP contribution in [0.4, 0.5) is 5.69 Å². The van der Waals surface area contributed by atoms with E-state index in [1.807, 2.05) is 13.0 Å². The number of aromatic nitrogens is 1. The van der Waals surface area contributed by atoms with Gasteiger partial charge in [0.15, 0.2) is 5.76 Å². The van der Waals surface area contributed by atoms with Crippen LogP contribution in [0.5, 0.6) is 0 Å². The van der Waals surface area contributed by atoms with Gasteiger partial charge in [0.2, 0.25) is 15.9 Å². The van der Waals surface area contributed by atoms with Gasteiger partial charge in [-0.2, -0.15) is 4.31 Å². The summed E-state index contributed by atoms with van der Waals surface area (Å²) in [7, 11) is -3.83. The largest absolute Gasteiger partial charge is 0.359 e. The lowest BCUT2D eigenvalue weighted by Gasteiger charge is -2.26. The summed E-state index contributed by atoms with van der Waals surface area (Å²) in [6.07, 6.45) is 2.41. The number of anilines is 1. The van der Waals surface area contributed by atoms with Gasteiger partial charge in [0.1, 0.15) is 4.90 Å². The normalized spacial score (nSPS) is 20.0. The number of hydrogen-bond donors (Lipinski definition) is 0. The van der Waals surface area contributed by atoms with E-state index in [1.165, 1.54) is 4.31 Å². The Morgan fingerprint density at radius 1 is 1.32 bits per heavy atom. The number of nitrogens with zero attached hydrogens (tertiary/aromatic N) is 3. The monoisotopic (exact) mass is 467 g/mol. The first-order valence-corrected chi connectivity index (χ1v) is 11.6. The van der Waals surface area contributed by atoms with E-state index in [4.69, 9.17) is 4.52 Å². The molecule has 1 atom stereocenters. The van der Waals surface area contributed by atoms with Crippen LogP contribution in [0.25, 0.3) is 0 Å². The molecule has 1 amide bonds. The minimum Gasteiger partial charge on any atom is -0.359 e. The van der Waals surface area contributed by atoms with E-state index < -0.39 is 10.0 Å². The van der Waals surface area contributed by atoms with Crippen LogP contribution in [0.3, 0.4) is 0 Å². The number of carbonyl (C=O) groups excluding carboxylic acids is 1. The van der Waals surface area contributed by atoms with Crippen LogP contribution in [0.1, 0.15) is 49.2 Å². The van der Waals surface area contributed by atoms with Gasteiger partial charge in [-0.25, -0.2) is 8.42 Å². The first-order chi connectivity index (χ1) is 13.3. The van der Waals surface area contributed by atoms with Crippen LogP contribution >= 0.6 is 15.9 Å². The smallest absolute Gasteiger partial charge is 0.245 e. The number of amides is 1. The molecule has 1 aromatic carbocycles. The molecule has 0 spiro atoms. The average molecular weight is 468 g/mol. The van der Waals surface area contributed by atoms with Crippen molar-refractivity contribution < 1.29 is 17.7 Å². The molecular formula is C19H22BrN3O4S. The lowest BCUT2D eigenvalue weighted by atomic mass is 10.2. The second kappa shape index (κ2) is 7.27. The minimum absolute atomic E-state index is 0.0682. The van der Waals surface area contributed by atoms with Gasteiger partial charge in [0.25, 0.3) is 0 Å². The summed E-state index contributed by atoms with van der Waals surface area (Å²) in [5.41, 5.74) is 2.12. The highest BCUT2D eigenvalue weighted by molar-refractivity contribution is 9.10. The van der Waals surface area contributed by atoms with Crippen LogP contribution in [-0.4, -0.2) is 36.9 Å². The van der Waals surface area contributed by atoms with Crippen LogP contribution < -0.4 is 4.90 Å². The van der Waals surface area contributed by atoms with E-state index in [0.717, 1.165) is 17.7 Å². The van der Waals surface area contributed by atoms with E-state index >= 15 is 0 Å². The van der Waals surface area contributed by atoms with Crippen LogP contribution in [0.15, 0.2) is 32.1 Å². The van der Waals surface area contributed by atoms with Gasteiger partial charge >= 0.3 is 0 Å². The number of rotatable bonds is 4. The second-order valence-electron chi connectivity index (χ2n) is 7.21. The van der Waals surface area contributed by atoms with Gasteiger partial charge in [0, 0.05) is 30.0 Å². The summed E-state index contributed by atoms with van der Waals surface area (Å²) < 4.78 is 35.0. The molecule has 0 unspecified atom stereocenters. The van der Waals surface area contributed by atoms with E-state index in [-0.39, 0.29) is 16.8 Å². The maximum Gasteiger partial charge on any atom is 0.245 e. The first-order valence-electron chi connectivity index (χ1n) is 9.40. The molecule has 1 aromatic heterocycles. The molecule has 2 aliphatic rings. The Morgan fingerprint density at radius 3 is 2.79 bits per heavy atom. The van der Waals surface area contributed by atoms with Crippen LogP contribution in [0.2, 0.25) is 0 Å². The number of aryl methyl sites for hydroxylation is 1. The summed E-state index contributed by atoms with van der Waals surface area (Å²) in [5.74, 6) is 0.494. The predicted molar refractivity (Wildman–Crippen MR) is 108 cm³/mol. The van der Waals surface area contributed by atoms with Crippen molar-refractivity contribution in [3.05, 3.63) is 39.7 Å². The zero-order valence-corrected chi connectivity index (χ0v) is 18.2. The lowest BCUT2D eigenvalue weighted by molar-refractivity contribution is -0.118. The molecule has 4 rings (SSSR count). The third kappa shape index (κ3) is 3.19. The van der Waals surface area contributed by atoms with Crippen molar-refractivity contribution in [2.45, 2.75) is 50.5 Å². The number of halogens is 1. The van der Waals surface area contributed by atoms with Crippen LogP contribution in [-0.2, 0) is 21.2 Å². The SMILES string of the molecule is CCC(=O)N1CCc2cc(Br)cc(S(=O)(=O)N3CCC[C@@H]3c3cc(C)no3)c21. The molecule has 3 heterocycles. The van der Waals surface area contributed by atoms with Crippen molar-refractivity contribution in [3.63, 3.8) is 0 Å². The van der Waals surface area contributed by atoms with Gasteiger partial charge in [-0.05, 0) is 43.9 Å². The predicted octanol–water partition coefficient (Wildman–Crippen LogP) is 3.57. The molecule has 1 fully saturated rings. The number of hydrogen-bond acceptors (Lipinski definition) is 5. The molecule has 2 aromatic rings. The average Bonchev–Trinajstić information content (AvgIpc) is 3.38. The fourth-order valence-corrected chi connectivity index (χ4v) is 6.67. The van der Waals surface area contributed by atoms with Gasteiger partial charge < -0.3 is 9.42 Å². The highest BCUT2D eigenvalue weighted by Crippen LogP contribution is 2.43. The molecule has 7 nitrogen and oxygen atoms in total. The topological polar surface area (TPSA) is 83.7 Å². The Morgan fingerprint density at radius 2 is 2.11 bits per heavy atom. The molecule has 0 aliphatic carbocycles. The maximum absolute atomic E-state index is 13.7. The molecule has 0 N–H and O–H groups in total. The lowest BCUT2D eigenvalue weighted by Crippen LogP contribution is -2.34. The van der Waals surface area contributed by atoms with Gasteiger partial charge in [-0.15, -0.1) is 0 Å². The summed E-state index contributed by atoms with van der Waals surface area (Å²) in [6.45, 7) is 4.52. The summed E-state index contributed by atoms with van der Waals surface area (Å²) >= 11 is 3.44. The van der Waals surface area contributed by atoms with Crippen molar-refractivity contribution in [1.82, 2.24) is 9.46 Å². The number of benzene rings is 1. The fourth-order valence-electron chi connectivity index (χ4n) is 4.09. The Kier molecular flexibility index (Phi) is 5.09. The number of fused-ring (bicyclic) bond motifs is 1. The highest BCUT2D eigenvalue weighted by Gasteiger charge is 2.41. The Hall–Kier alpha value is -1.71. The van der Waals surface area contributed by atoms with Crippen molar-refractivity contribution in [1.29, 1.82) is 0 Å². The molecule has 2 aliphatic heterocycles. The Labute approximate surface area is 172 Å². The molecular weight excluding hydrogens is 446 g/mol. The summed E-state index contributed by atoms with van der Waals surface area (Å²) in [5, 5.41) is 3.91. The van der Waals surface area contributed by atoms with Crippen LogP contribution in [0, 0.1) is 6.92 Å².